The first kappa shape index (κ1) is 28.5. The first-order chi connectivity index (χ1) is 21.6. The van der Waals surface area contributed by atoms with Gasteiger partial charge in [0, 0.05) is 46.4 Å². The molecule has 0 bridgehead atoms. The van der Waals surface area contributed by atoms with Gasteiger partial charge in [0.25, 0.3) is 0 Å². The van der Waals surface area contributed by atoms with E-state index in [4.69, 9.17) is 9.84 Å². The molecule has 0 aliphatic rings. The van der Waals surface area contributed by atoms with Crippen LogP contribution in [0.1, 0.15) is 37.7 Å². The second-order valence-electron chi connectivity index (χ2n) is 12.9. The van der Waals surface area contributed by atoms with Gasteiger partial charge in [-0.1, -0.05) is 63.2 Å². The van der Waals surface area contributed by atoms with Crippen LogP contribution in [-0.4, -0.2) is 19.3 Å². The van der Waals surface area contributed by atoms with Crippen molar-refractivity contribution in [1.29, 1.82) is 0 Å². The van der Waals surface area contributed by atoms with Crippen LogP contribution in [0, 0.1) is 25.1 Å². The first-order valence-corrected chi connectivity index (χ1v) is 15.2. The summed E-state index contributed by atoms with van der Waals surface area (Å²) < 4.78 is 24.9. The molecule has 0 spiro atoms. The third kappa shape index (κ3) is 5.48. The molecule has 3 heterocycles. The summed E-state index contributed by atoms with van der Waals surface area (Å²) in [5.41, 5.74) is 8.52. The van der Waals surface area contributed by atoms with Crippen molar-refractivity contribution in [1.82, 2.24) is 19.3 Å². The van der Waals surface area contributed by atoms with Gasteiger partial charge >= 0.3 is 0 Å². The molecule has 0 N–H and O–H groups in total. The summed E-state index contributed by atoms with van der Waals surface area (Å²) in [5, 5.41) is 7.03. The highest BCUT2D eigenvalue weighted by atomic mass is 19.1. The Morgan fingerprint density at radius 2 is 1.56 bits per heavy atom. The van der Waals surface area contributed by atoms with Crippen LogP contribution in [0.3, 0.4) is 0 Å². The molecule has 0 saturated carbocycles. The molecule has 6 heteroatoms. The van der Waals surface area contributed by atoms with E-state index in [1.54, 1.807) is 0 Å². The average molecular weight is 595 g/mol. The number of benzene rings is 4. The lowest BCUT2D eigenvalue weighted by Gasteiger charge is -2.18. The van der Waals surface area contributed by atoms with Crippen LogP contribution in [-0.2, 0) is 6.42 Å². The first-order valence-electron chi connectivity index (χ1n) is 15.2. The third-order valence-electron chi connectivity index (χ3n) is 8.12. The van der Waals surface area contributed by atoms with Gasteiger partial charge in [0.2, 0.25) is 0 Å². The van der Waals surface area contributed by atoms with Crippen LogP contribution >= 0.6 is 0 Å². The Balaban J connectivity index is 1.30. The third-order valence-corrected chi connectivity index (χ3v) is 8.12. The molecule has 45 heavy (non-hydrogen) atoms. The highest BCUT2D eigenvalue weighted by Gasteiger charge is 2.18. The fourth-order valence-corrected chi connectivity index (χ4v) is 6.33. The maximum Gasteiger partial charge on any atom is 0.140 e. The maximum atomic E-state index is 14.4. The van der Waals surface area contributed by atoms with Gasteiger partial charge in [-0.15, -0.1) is 0 Å². The molecule has 0 atom stereocenters. The Bertz CT molecular complexity index is 2190. The summed E-state index contributed by atoms with van der Waals surface area (Å²) in [5.74, 6) is 1.56. The van der Waals surface area contributed by atoms with Crippen molar-refractivity contribution in [3.63, 3.8) is 0 Å². The highest BCUT2D eigenvalue weighted by molar-refractivity contribution is 6.09. The summed E-state index contributed by atoms with van der Waals surface area (Å²) >= 11 is 0. The van der Waals surface area contributed by atoms with Crippen molar-refractivity contribution in [3.8, 4) is 34.1 Å². The van der Waals surface area contributed by atoms with Crippen molar-refractivity contribution in [3.05, 3.63) is 132 Å². The highest BCUT2D eigenvalue weighted by Crippen LogP contribution is 2.37. The largest absolute Gasteiger partial charge is 0.457 e. The fourth-order valence-electron chi connectivity index (χ4n) is 6.33. The molecule has 7 rings (SSSR count). The molecular weight excluding hydrogens is 559 g/mol. The Morgan fingerprint density at radius 3 is 2.33 bits per heavy atom. The quantitative estimate of drug-likeness (QED) is 0.192. The minimum Gasteiger partial charge on any atom is -0.457 e. The lowest BCUT2D eigenvalue weighted by atomic mass is 9.88. The zero-order chi connectivity index (χ0) is 31.3. The topological polar surface area (TPSA) is 44.9 Å². The Labute approximate surface area is 262 Å². The minimum atomic E-state index is -0.330. The Kier molecular flexibility index (Phi) is 7.00. The van der Waals surface area contributed by atoms with Crippen LogP contribution in [0.25, 0.3) is 44.4 Å². The van der Waals surface area contributed by atoms with Gasteiger partial charge in [-0.3, -0.25) is 4.57 Å². The van der Waals surface area contributed by atoms with Crippen molar-refractivity contribution in [2.75, 3.05) is 0 Å². The predicted octanol–water partition coefficient (Wildman–Crippen LogP) is 10.2. The lowest BCUT2D eigenvalue weighted by Crippen LogP contribution is -2.08. The molecular formula is C39H35FN4O. The van der Waals surface area contributed by atoms with Crippen LogP contribution < -0.4 is 4.74 Å². The zero-order valence-electron chi connectivity index (χ0n) is 26.2. The number of halogens is 1. The molecule has 0 aliphatic carbocycles. The van der Waals surface area contributed by atoms with Gasteiger partial charge in [-0.05, 0) is 79.3 Å². The van der Waals surface area contributed by atoms with Crippen molar-refractivity contribution in [2.24, 2.45) is 5.41 Å². The fraction of sp³-hybridized carbons (Fsp3) is 0.179. The summed E-state index contributed by atoms with van der Waals surface area (Å²) in [4.78, 5) is 4.53. The van der Waals surface area contributed by atoms with E-state index in [0.717, 1.165) is 56.4 Å². The molecule has 0 saturated heterocycles. The number of aryl methyl sites for hydroxylation is 1. The molecule has 5 nitrogen and oxygen atoms in total. The molecule has 0 radical (unpaired) electrons. The van der Waals surface area contributed by atoms with E-state index in [0.29, 0.717) is 17.3 Å². The average Bonchev–Trinajstić information content (AvgIpc) is 3.49. The van der Waals surface area contributed by atoms with Gasteiger partial charge in [-0.2, -0.15) is 5.10 Å². The van der Waals surface area contributed by atoms with Crippen LogP contribution in [0.2, 0.25) is 0 Å². The number of rotatable bonds is 6. The van der Waals surface area contributed by atoms with Crippen molar-refractivity contribution in [2.45, 2.75) is 41.0 Å². The zero-order valence-corrected chi connectivity index (χ0v) is 26.2. The van der Waals surface area contributed by atoms with E-state index in [-0.39, 0.29) is 11.2 Å². The van der Waals surface area contributed by atoms with Gasteiger partial charge < -0.3 is 4.74 Å². The number of fused-ring (bicyclic) bond motifs is 3. The van der Waals surface area contributed by atoms with E-state index in [1.807, 2.05) is 70.8 Å². The van der Waals surface area contributed by atoms with E-state index >= 15 is 0 Å². The van der Waals surface area contributed by atoms with E-state index in [2.05, 4.69) is 69.1 Å². The molecule has 224 valence electrons. The van der Waals surface area contributed by atoms with Gasteiger partial charge in [0.1, 0.15) is 23.1 Å². The summed E-state index contributed by atoms with van der Waals surface area (Å²) in [6, 6.07) is 33.7. The monoisotopic (exact) mass is 594 g/mol. The normalized spacial score (nSPS) is 11.9. The predicted molar refractivity (Wildman–Crippen MR) is 180 cm³/mol. The van der Waals surface area contributed by atoms with E-state index < -0.39 is 0 Å². The van der Waals surface area contributed by atoms with Gasteiger partial charge in [-0.25, -0.2) is 14.1 Å². The molecule has 7 aromatic rings. The summed E-state index contributed by atoms with van der Waals surface area (Å²) in [6.45, 7) is 10.9. The SMILES string of the molecule is Cc1nn(-c2cccc(Oc3ccc4c5cc(CC(C)(C)C)ccc5n(-c5cc(F)ccn5)c4c3)c2)c(C)c1-c1ccccc1. The molecule has 0 aliphatic heterocycles. The second-order valence-corrected chi connectivity index (χ2v) is 12.9. The van der Waals surface area contributed by atoms with Crippen LogP contribution in [0.4, 0.5) is 4.39 Å². The number of hydrogen-bond acceptors (Lipinski definition) is 3. The standard InChI is InChI=1S/C39H35FN4O/c1-25-38(28-10-7-6-8-11-28)26(2)44(42-25)30-12-9-13-31(22-30)45-32-15-16-33-34-20-27(24-39(3,4)5)14-17-35(34)43(36(33)23-32)37-21-29(40)18-19-41-37/h6-23H,24H2,1-5H3. The minimum absolute atomic E-state index is 0.155. The smallest absolute Gasteiger partial charge is 0.140 e. The molecule has 4 aromatic carbocycles. The number of pyridine rings is 1. The van der Waals surface area contributed by atoms with Crippen molar-refractivity contribution >= 4 is 21.8 Å². The summed E-state index contributed by atoms with van der Waals surface area (Å²) in [6.07, 6.45) is 2.46. The number of nitrogens with zero attached hydrogens (tertiary/aromatic N) is 4. The molecule has 3 aromatic heterocycles. The number of ether oxygens (including phenoxy) is 1. The lowest BCUT2D eigenvalue weighted by molar-refractivity contribution is 0.411. The van der Waals surface area contributed by atoms with Crippen LogP contribution in [0.15, 0.2) is 109 Å². The Morgan fingerprint density at radius 1 is 0.756 bits per heavy atom. The molecule has 0 amide bonds. The van der Waals surface area contributed by atoms with E-state index in [1.165, 1.54) is 23.9 Å². The van der Waals surface area contributed by atoms with Gasteiger partial charge in [0.05, 0.1) is 22.4 Å². The maximum absolute atomic E-state index is 14.4. The molecule has 0 unspecified atom stereocenters. The Hall–Kier alpha value is -5.23. The van der Waals surface area contributed by atoms with Crippen molar-refractivity contribution < 1.29 is 9.13 Å². The van der Waals surface area contributed by atoms with Crippen LogP contribution in [0.5, 0.6) is 11.5 Å². The summed E-state index contributed by atoms with van der Waals surface area (Å²) in [7, 11) is 0. The van der Waals surface area contributed by atoms with Gasteiger partial charge in [0.15, 0.2) is 0 Å². The second kappa shape index (κ2) is 11.0. The number of aromatic nitrogens is 4. The number of hydrogen-bond donors (Lipinski definition) is 0. The van der Waals surface area contributed by atoms with E-state index in [9.17, 15) is 4.39 Å². The molecule has 0 fully saturated rings.